The third-order valence-corrected chi connectivity index (χ3v) is 4.91. The van der Waals surface area contributed by atoms with E-state index in [1.54, 1.807) is 48.3 Å². The molecule has 1 aliphatic heterocycles. The van der Waals surface area contributed by atoms with E-state index in [9.17, 15) is 19.0 Å². The Kier molecular flexibility index (Phi) is 10.7. The maximum atomic E-state index is 14.8. The van der Waals surface area contributed by atoms with Crippen molar-refractivity contribution in [2.24, 2.45) is 7.05 Å². The van der Waals surface area contributed by atoms with Crippen LogP contribution in [0.4, 0.5) is 26.5 Å². The molecule has 1 amide bonds. The summed E-state index contributed by atoms with van der Waals surface area (Å²) in [7, 11) is -1.23. The van der Waals surface area contributed by atoms with Gasteiger partial charge in [0.25, 0.3) is 0 Å². The van der Waals surface area contributed by atoms with Crippen molar-refractivity contribution in [3.05, 3.63) is 54.6 Å². The largest absolute Gasteiger partial charge is 1.00 e. The quantitative estimate of drug-likeness (QED) is 0.260. The number of nitrogens with one attached hydrogen (secondary N) is 1. The Morgan fingerprint density at radius 2 is 2.03 bits per heavy atom. The number of pyridine rings is 1. The van der Waals surface area contributed by atoms with Crippen LogP contribution in [0.15, 0.2) is 48.8 Å². The third-order valence-electron chi connectivity index (χ3n) is 4.55. The molecule has 3 aromatic rings. The summed E-state index contributed by atoms with van der Waals surface area (Å²) in [5.74, 6) is 0.661. The van der Waals surface area contributed by atoms with Gasteiger partial charge in [0, 0.05) is 36.6 Å². The van der Waals surface area contributed by atoms with Crippen LogP contribution in [0.1, 0.15) is 0 Å². The van der Waals surface area contributed by atoms with Gasteiger partial charge in [0.1, 0.15) is 17.7 Å². The van der Waals surface area contributed by atoms with E-state index in [0.29, 0.717) is 28.5 Å². The summed E-state index contributed by atoms with van der Waals surface area (Å²) in [6.45, 7) is -0.234. The van der Waals surface area contributed by atoms with E-state index in [0.717, 1.165) is 0 Å². The molecule has 0 saturated carbocycles. The molecule has 1 atom stereocenters. The first-order valence-electron chi connectivity index (χ1n) is 9.17. The van der Waals surface area contributed by atoms with Crippen molar-refractivity contribution in [2.45, 2.75) is 6.10 Å². The Hall–Kier alpha value is -1.11. The molecule has 0 radical (unpaired) electrons. The van der Waals surface area contributed by atoms with Crippen LogP contribution in [0.5, 0.6) is 0 Å². The van der Waals surface area contributed by atoms with E-state index in [-0.39, 0.29) is 72.3 Å². The number of amides is 1. The zero-order valence-electron chi connectivity index (χ0n) is 18.3. The number of aromatic nitrogens is 3. The number of halogens is 1. The smallest absolute Gasteiger partial charge is 0.820 e. The van der Waals surface area contributed by atoms with Gasteiger partial charge in [-0.3, -0.25) is 9.58 Å². The first kappa shape index (κ1) is 28.1. The van der Waals surface area contributed by atoms with Gasteiger partial charge in [0.15, 0.2) is 5.82 Å². The summed E-state index contributed by atoms with van der Waals surface area (Å²) in [6.07, 6.45) is 1.87. The molecule has 0 bridgehead atoms. The summed E-state index contributed by atoms with van der Waals surface area (Å²) in [4.78, 5) is 38.6. The van der Waals surface area contributed by atoms with Crippen molar-refractivity contribution in [1.82, 2.24) is 14.8 Å². The van der Waals surface area contributed by atoms with Gasteiger partial charge in [-0.05, 0) is 30.3 Å². The van der Waals surface area contributed by atoms with E-state index in [4.69, 9.17) is 4.74 Å². The Balaban J connectivity index is 0.00000193. The van der Waals surface area contributed by atoms with Gasteiger partial charge in [0.2, 0.25) is 0 Å². The van der Waals surface area contributed by atoms with E-state index in [1.807, 2.05) is 0 Å². The van der Waals surface area contributed by atoms with Crippen molar-refractivity contribution in [3.8, 4) is 11.1 Å². The third kappa shape index (κ3) is 7.19. The molecule has 1 aliphatic rings. The number of hydrogen-bond donors (Lipinski definition) is 1. The number of carbonyl (C=O) groups is 1. The van der Waals surface area contributed by atoms with Crippen molar-refractivity contribution >= 4 is 32.0 Å². The molecule has 4 rings (SSSR count). The summed E-state index contributed by atoms with van der Waals surface area (Å²) in [5.41, 5.74) is 1.17. The maximum Gasteiger partial charge on any atom is 1.00 e. The predicted octanol–water partition coefficient (Wildman–Crippen LogP) is -4.34. The fraction of sp³-hybridized carbons (Fsp3) is 0.211. The number of rotatable bonds is 7. The van der Waals surface area contributed by atoms with Crippen molar-refractivity contribution < 1.29 is 87.3 Å². The van der Waals surface area contributed by atoms with Crippen molar-refractivity contribution in [1.29, 1.82) is 0 Å². The molecule has 1 saturated heterocycles. The Morgan fingerprint density at radius 3 is 2.64 bits per heavy atom. The first-order valence-corrected chi connectivity index (χ1v) is 10.3. The van der Waals surface area contributed by atoms with Crippen LogP contribution >= 0.6 is 8.60 Å². The zero-order valence-corrected chi connectivity index (χ0v) is 23.2. The summed E-state index contributed by atoms with van der Waals surface area (Å²) >= 11 is 0. The summed E-state index contributed by atoms with van der Waals surface area (Å²) < 4.78 is 25.9. The van der Waals surface area contributed by atoms with Crippen LogP contribution < -0.4 is 79.1 Å². The molecule has 10 nitrogen and oxygen atoms in total. The number of benzene rings is 1. The number of cyclic esters (lactones) is 1. The molecule has 1 fully saturated rings. The number of ether oxygens (including phenoxy) is 1. The molecule has 0 unspecified atom stereocenters. The standard InChI is InChI=1S/C19H17FN5O5P.2Na/c1-24-7-6-18(23-24)22-17-5-2-12(9-21-17)15-4-3-13(8-16(15)20)25-10-14(30-19(25)26)11-29-31(27)28;;/h2-9,14H,10-11H2,1H3,(H,21,22,23);;/q-2;2*+1/t14-;;/m1../s1. The average molecular weight is 491 g/mol. The second-order valence-corrected chi connectivity index (χ2v) is 7.44. The topological polar surface area (TPSA) is 128 Å². The van der Waals surface area contributed by atoms with Gasteiger partial charge in [-0.15, -0.1) is 0 Å². The normalized spacial score (nSPS) is 15.1. The van der Waals surface area contributed by atoms with Gasteiger partial charge < -0.3 is 24.4 Å². The second-order valence-electron chi connectivity index (χ2n) is 6.73. The first-order chi connectivity index (χ1) is 14.9. The summed E-state index contributed by atoms with van der Waals surface area (Å²) in [5, 5.41) is 7.25. The van der Waals surface area contributed by atoms with Crippen LogP contribution in [0.3, 0.4) is 0 Å². The number of aryl methyl sites for hydroxylation is 1. The van der Waals surface area contributed by atoms with Crippen LogP contribution in [0.2, 0.25) is 0 Å². The molecular formula is C19H17FN5Na2O5P. The van der Waals surface area contributed by atoms with Gasteiger partial charge in [0.05, 0.1) is 18.8 Å². The number of carbonyl (C=O) groups excluding carboxylic acids is 1. The molecule has 14 heteroatoms. The van der Waals surface area contributed by atoms with Gasteiger partial charge in [-0.25, -0.2) is 14.2 Å². The zero-order chi connectivity index (χ0) is 22.0. The minimum Gasteiger partial charge on any atom is -0.820 e. The SMILES string of the molecule is Cn1ccc(Nc2ccc(-c3ccc(N4C[C@H](COP([O-])[O-])OC4=O)cc3F)cn2)n1.[Na+].[Na+]. The van der Waals surface area contributed by atoms with Crippen molar-refractivity contribution in [3.63, 3.8) is 0 Å². The average Bonchev–Trinajstić information content (AvgIpc) is 3.32. The molecule has 33 heavy (non-hydrogen) atoms. The number of anilines is 3. The molecule has 3 heterocycles. The van der Waals surface area contributed by atoms with E-state index in [2.05, 4.69) is 19.9 Å². The molecule has 0 spiro atoms. The fourth-order valence-corrected chi connectivity index (χ4v) is 3.40. The molecule has 0 aliphatic carbocycles. The van der Waals surface area contributed by atoms with Crippen LogP contribution in [-0.2, 0) is 16.3 Å². The molecule has 1 N–H and O–H groups in total. The molecular weight excluding hydrogens is 474 g/mol. The fourth-order valence-electron chi connectivity index (χ4n) is 3.11. The monoisotopic (exact) mass is 491 g/mol. The van der Waals surface area contributed by atoms with Crippen molar-refractivity contribution in [2.75, 3.05) is 23.4 Å². The Labute approximate surface area is 234 Å². The maximum absolute atomic E-state index is 14.8. The molecule has 162 valence electrons. The van der Waals surface area contributed by atoms with Crippen LogP contribution in [0, 0.1) is 5.82 Å². The van der Waals surface area contributed by atoms with Crippen LogP contribution in [0.25, 0.3) is 11.1 Å². The van der Waals surface area contributed by atoms with E-state index in [1.165, 1.54) is 17.2 Å². The minimum absolute atomic E-state index is 0. The van der Waals surface area contributed by atoms with Gasteiger partial charge in [-0.2, -0.15) is 13.7 Å². The second kappa shape index (κ2) is 12.6. The minimum atomic E-state index is -3.04. The molecule has 1 aromatic carbocycles. The summed E-state index contributed by atoms with van der Waals surface area (Å²) in [6, 6.07) is 9.57. The Bertz CT molecular complexity index is 1090. The molecule has 2 aromatic heterocycles. The van der Waals surface area contributed by atoms with Gasteiger partial charge >= 0.3 is 65.2 Å². The number of hydrogen-bond acceptors (Lipinski definition) is 8. The Morgan fingerprint density at radius 1 is 1.24 bits per heavy atom. The van der Waals surface area contributed by atoms with Crippen LogP contribution in [-0.4, -0.2) is 40.1 Å². The predicted molar refractivity (Wildman–Crippen MR) is 107 cm³/mol. The van der Waals surface area contributed by atoms with E-state index >= 15 is 0 Å². The van der Waals surface area contributed by atoms with Gasteiger partial charge in [-0.1, -0.05) is 0 Å². The number of nitrogens with zero attached hydrogens (tertiary/aromatic N) is 4. The van der Waals surface area contributed by atoms with E-state index < -0.39 is 26.6 Å².